The van der Waals surface area contributed by atoms with E-state index < -0.39 is 4.92 Å². The van der Waals surface area contributed by atoms with E-state index in [-0.39, 0.29) is 15.7 Å². The van der Waals surface area contributed by atoms with Crippen molar-refractivity contribution in [1.29, 1.82) is 0 Å². The van der Waals surface area contributed by atoms with Crippen LogP contribution in [0.2, 0.25) is 10.0 Å². The van der Waals surface area contributed by atoms with Crippen LogP contribution in [-0.4, -0.2) is 9.91 Å². The Morgan fingerprint density at radius 3 is 2.72 bits per heavy atom. The van der Waals surface area contributed by atoms with E-state index in [0.717, 1.165) is 5.69 Å². The summed E-state index contributed by atoms with van der Waals surface area (Å²) in [6, 6.07) is 2.67. The van der Waals surface area contributed by atoms with Crippen LogP contribution in [0.15, 0.2) is 23.0 Å². The second-order valence-corrected chi connectivity index (χ2v) is 4.91. The SMILES string of the molecule is O=[N+]([O-])c1cc(Cl)c(Cl)cc1NCc1cscn1. The van der Waals surface area contributed by atoms with Gasteiger partial charge in [0.05, 0.1) is 32.7 Å². The largest absolute Gasteiger partial charge is 0.374 e. The van der Waals surface area contributed by atoms with Crippen LogP contribution < -0.4 is 5.32 Å². The lowest BCUT2D eigenvalue weighted by Gasteiger charge is -2.07. The minimum Gasteiger partial charge on any atom is -0.374 e. The third-order valence-electron chi connectivity index (χ3n) is 2.18. The lowest BCUT2D eigenvalue weighted by molar-refractivity contribution is -0.383. The first-order valence-corrected chi connectivity index (χ1v) is 6.52. The number of nitrogens with zero attached hydrogens (tertiary/aromatic N) is 2. The number of nitro benzene ring substituents is 1. The second kappa shape index (κ2) is 5.51. The summed E-state index contributed by atoms with van der Waals surface area (Å²) >= 11 is 13.1. The molecule has 2 aromatic rings. The molecular formula is C10H7Cl2N3O2S. The van der Waals surface area contributed by atoms with Gasteiger partial charge in [-0.25, -0.2) is 4.98 Å². The first kappa shape index (κ1) is 13.1. The zero-order valence-corrected chi connectivity index (χ0v) is 11.2. The first-order chi connectivity index (χ1) is 8.58. The highest BCUT2D eigenvalue weighted by Crippen LogP contribution is 2.34. The van der Waals surface area contributed by atoms with Gasteiger partial charge in [-0.1, -0.05) is 23.2 Å². The number of halogens is 2. The second-order valence-electron chi connectivity index (χ2n) is 3.37. The maximum atomic E-state index is 10.9. The zero-order chi connectivity index (χ0) is 13.1. The van der Waals surface area contributed by atoms with Crippen LogP contribution in [0.25, 0.3) is 0 Å². The number of nitrogens with one attached hydrogen (secondary N) is 1. The molecule has 8 heteroatoms. The Morgan fingerprint density at radius 1 is 1.39 bits per heavy atom. The van der Waals surface area contributed by atoms with E-state index in [4.69, 9.17) is 23.2 Å². The van der Waals surface area contributed by atoms with Gasteiger partial charge in [-0.2, -0.15) is 0 Å². The Bertz CT molecular complexity index is 575. The molecule has 0 spiro atoms. The van der Waals surface area contributed by atoms with Crippen LogP contribution in [0, 0.1) is 10.1 Å². The quantitative estimate of drug-likeness (QED) is 0.685. The molecule has 94 valence electrons. The molecule has 1 N–H and O–H groups in total. The minimum absolute atomic E-state index is 0.111. The predicted octanol–water partition coefficient (Wildman–Crippen LogP) is 3.97. The molecule has 0 aliphatic rings. The number of thiazole rings is 1. The van der Waals surface area contributed by atoms with Crippen molar-refractivity contribution in [2.45, 2.75) is 6.54 Å². The average molecular weight is 304 g/mol. The van der Waals surface area contributed by atoms with Gasteiger partial charge in [0, 0.05) is 11.4 Å². The van der Waals surface area contributed by atoms with Crippen LogP contribution in [0.4, 0.5) is 11.4 Å². The number of benzene rings is 1. The highest BCUT2D eigenvalue weighted by molar-refractivity contribution is 7.07. The molecule has 0 aliphatic carbocycles. The molecule has 0 aliphatic heterocycles. The van der Waals surface area contributed by atoms with Gasteiger partial charge in [-0.3, -0.25) is 10.1 Å². The Hall–Kier alpha value is -1.37. The summed E-state index contributed by atoms with van der Waals surface area (Å²) in [5.41, 5.74) is 2.71. The van der Waals surface area contributed by atoms with Crippen LogP contribution in [0.5, 0.6) is 0 Å². The molecule has 0 amide bonds. The van der Waals surface area contributed by atoms with Crippen molar-refractivity contribution in [3.8, 4) is 0 Å². The predicted molar refractivity (Wildman–Crippen MR) is 72.6 cm³/mol. The van der Waals surface area contributed by atoms with Gasteiger partial charge in [-0.05, 0) is 6.07 Å². The van der Waals surface area contributed by atoms with Gasteiger partial charge in [0.1, 0.15) is 5.69 Å². The number of nitro groups is 1. The molecular weight excluding hydrogens is 297 g/mol. The topological polar surface area (TPSA) is 68.1 Å². The Balaban J connectivity index is 2.25. The fourth-order valence-electron chi connectivity index (χ4n) is 1.34. The Morgan fingerprint density at radius 2 is 2.11 bits per heavy atom. The normalized spacial score (nSPS) is 10.3. The van der Waals surface area contributed by atoms with Crippen LogP contribution >= 0.6 is 34.5 Å². The minimum atomic E-state index is -0.508. The molecule has 18 heavy (non-hydrogen) atoms. The van der Waals surface area contributed by atoms with E-state index >= 15 is 0 Å². The molecule has 5 nitrogen and oxygen atoms in total. The van der Waals surface area contributed by atoms with Crippen LogP contribution in [0.1, 0.15) is 5.69 Å². The molecule has 1 aromatic heterocycles. The number of aromatic nitrogens is 1. The standard InChI is InChI=1S/C10H7Cl2N3O2S/c11-7-1-9(10(15(16)17)2-8(7)12)13-3-6-4-18-5-14-6/h1-2,4-5,13H,3H2. The van der Waals surface area contributed by atoms with Gasteiger partial charge in [0.25, 0.3) is 5.69 Å². The number of rotatable bonds is 4. The van der Waals surface area contributed by atoms with Gasteiger partial charge >= 0.3 is 0 Å². The summed E-state index contributed by atoms with van der Waals surface area (Å²) in [7, 11) is 0. The van der Waals surface area contributed by atoms with Gasteiger partial charge in [0.2, 0.25) is 0 Å². The maximum Gasteiger partial charge on any atom is 0.293 e. The summed E-state index contributed by atoms with van der Waals surface area (Å²) in [6.07, 6.45) is 0. The summed E-state index contributed by atoms with van der Waals surface area (Å²) in [6.45, 7) is 0.391. The van der Waals surface area contributed by atoms with Gasteiger partial charge in [-0.15, -0.1) is 11.3 Å². The highest BCUT2D eigenvalue weighted by atomic mass is 35.5. The van der Waals surface area contributed by atoms with E-state index in [1.54, 1.807) is 5.51 Å². The van der Waals surface area contributed by atoms with Crippen molar-refractivity contribution in [3.05, 3.63) is 48.9 Å². The van der Waals surface area contributed by atoms with Crippen molar-refractivity contribution in [2.75, 3.05) is 5.32 Å². The molecule has 2 rings (SSSR count). The molecule has 1 heterocycles. The molecule has 0 unspecified atom stereocenters. The third-order valence-corrected chi connectivity index (χ3v) is 3.54. The van der Waals surface area contributed by atoms with Gasteiger partial charge < -0.3 is 5.32 Å². The maximum absolute atomic E-state index is 10.9. The number of hydrogen-bond donors (Lipinski definition) is 1. The summed E-state index contributed by atoms with van der Waals surface area (Å²) in [5.74, 6) is 0. The molecule has 0 bridgehead atoms. The Labute approximate surface area is 117 Å². The highest BCUT2D eigenvalue weighted by Gasteiger charge is 2.16. The molecule has 0 atom stereocenters. The van der Waals surface area contributed by atoms with Crippen molar-refractivity contribution >= 4 is 45.9 Å². The molecule has 0 radical (unpaired) electrons. The lowest BCUT2D eigenvalue weighted by Crippen LogP contribution is -2.03. The van der Waals surface area contributed by atoms with Crippen molar-refractivity contribution in [1.82, 2.24) is 4.98 Å². The number of anilines is 1. The van der Waals surface area contributed by atoms with Crippen molar-refractivity contribution < 1.29 is 4.92 Å². The number of hydrogen-bond acceptors (Lipinski definition) is 5. The summed E-state index contributed by atoms with van der Waals surface area (Å²) < 4.78 is 0. The molecule has 0 fully saturated rings. The van der Waals surface area contributed by atoms with Gasteiger partial charge in [0.15, 0.2) is 0 Å². The fourth-order valence-corrected chi connectivity index (χ4v) is 2.22. The monoisotopic (exact) mass is 303 g/mol. The van der Waals surface area contributed by atoms with E-state index in [1.807, 2.05) is 5.38 Å². The third kappa shape index (κ3) is 2.90. The average Bonchev–Trinajstić information content (AvgIpc) is 2.83. The fraction of sp³-hybridized carbons (Fsp3) is 0.100. The molecule has 1 aromatic carbocycles. The van der Waals surface area contributed by atoms with Crippen molar-refractivity contribution in [2.24, 2.45) is 0 Å². The van der Waals surface area contributed by atoms with Crippen LogP contribution in [-0.2, 0) is 6.54 Å². The van der Waals surface area contributed by atoms with Crippen molar-refractivity contribution in [3.63, 3.8) is 0 Å². The molecule has 0 saturated heterocycles. The summed E-state index contributed by atoms with van der Waals surface area (Å²) in [5, 5.41) is 16.1. The molecule has 0 saturated carbocycles. The Kier molecular flexibility index (Phi) is 4.00. The zero-order valence-electron chi connectivity index (χ0n) is 8.89. The van der Waals surface area contributed by atoms with E-state index in [9.17, 15) is 10.1 Å². The first-order valence-electron chi connectivity index (χ1n) is 4.82. The summed E-state index contributed by atoms with van der Waals surface area (Å²) in [4.78, 5) is 14.5. The lowest BCUT2D eigenvalue weighted by atomic mass is 10.2. The van der Waals surface area contributed by atoms with E-state index in [0.29, 0.717) is 12.2 Å². The van der Waals surface area contributed by atoms with Crippen LogP contribution in [0.3, 0.4) is 0 Å². The van der Waals surface area contributed by atoms with E-state index in [2.05, 4.69) is 10.3 Å². The smallest absolute Gasteiger partial charge is 0.293 e. The van der Waals surface area contributed by atoms with E-state index in [1.165, 1.54) is 23.5 Å².